The Labute approximate surface area is 137 Å². The maximum atomic E-state index is 12.2. The Morgan fingerprint density at radius 3 is 2.52 bits per heavy atom. The molecular formula is C16H25N5O2. The molecule has 0 bridgehead atoms. The summed E-state index contributed by atoms with van der Waals surface area (Å²) in [7, 11) is 3.36. The molecule has 1 aliphatic rings. The number of pyridine rings is 1. The molecule has 23 heavy (non-hydrogen) atoms. The fraction of sp³-hybridized carbons (Fsp3) is 0.562. The standard InChI is InChI=1S/C16H25N5O2/c1-13(15(22)19(2)3)18-16(23)21-10-8-20(9-11-21)12-14-6-4-5-7-17-14/h4-7,13H,8-12H2,1-3H3,(H,18,23)/t13-/m0/s1. The normalized spacial score (nSPS) is 16.7. The fourth-order valence-electron chi connectivity index (χ4n) is 2.56. The Balaban J connectivity index is 1.77. The van der Waals surface area contributed by atoms with Gasteiger partial charge in [0.1, 0.15) is 6.04 Å². The van der Waals surface area contributed by atoms with Gasteiger partial charge in [0.05, 0.1) is 5.69 Å². The summed E-state index contributed by atoms with van der Waals surface area (Å²) < 4.78 is 0. The molecule has 7 nitrogen and oxygen atoms in total. The van der Waals surface area contributed by atoms with Crippen LogP contribution in [0.4, 0.5) is 4.79 Å². The quantitative estimate of drug-likeness (QED) is 0.871. The van der Waals surface area contributed by atoms with E-state index in [1.807, 2.05) is 18.2 Å². The number of nitrogens with zero attached hydrogens (tertiary/aromatic N) is 4. The summed E-state index contributed by atoms with van der Waals surface area (Å²) in [4.78, 5) is 33.9. The zero-order valence-corrected chi connectivity index (χ0v) is 14.0. The Hall–Kier alpha value is -2.15. The Morgan fingerprint density at radius 2 is 1.96 bits per heavy atom. The van der Waals surface area contributed by atoms with Crippen LogP contribution in [0.25, 0.3) is 0 Å². The second kappa shape index (κ2) is 7.92. The summed E-state index contributed by atoms with van der Waals surface area (Å²) in [6, 6.07) is 5.21. The first-order chi connectivity index (χ1) is 11.0. The van der Waals surface area contributed by atoms with E-state index in [-0.39, 0.29) is 11.9 Å². The van der Waals surface area contributed by atoms with E-state index in [9.17, 15) is 9.59 Å². The molecule has 1 saturated heterocycles. The first-order valence-electron chi connectivity index (χ1n) is 7.86. The third kappa shape index (κ3) is 4.92. The van der Waals surface area contributed by atoms with Crippen LogP contribution in [-0.2, 0) is 11.3 Å². The third-order valence-electron chi connectivity index (χ3n) is 3.92. The minimum Gasteiger partial charge on any atom is -0.347 e. The Kier molecular flexibility index (Phi) is 5.92. The van der Waals surface area contributed by atoms with Crippen molar-refractivity contribution in [2.75, 3.05) is 40.3 Å². The smallest absolute Gasteiger partial charge is 0.318 e. The van der Waals surface area contributed by atoms with E-state index in [0.29, 0.717) is 13.1 Å². The zero-order chi connectivity index (χ0) is 16.8. The summed E-state index contributed by atoms with van der Waals surface area (Å²) in [6.45, 7) is 5.42. The van der Waals surface area contributed by atoms with Crippen LogP contribution in [0.2, 0.25) is 0 Å². The molecule has 0 radical (unpaired) electrons. The molecule has 2 rings (SSSR count). The molecule has 0 aromatic carbocycles. The van der Waals surface area contributed by atoms with Gasteiger partial charge >= 0.3 is 6.03 Å². The van der Waals surface area contributed by atoms with Gasteiger partial charge in [0.25, 0.3) is 0 Å². The van der Waals surface area contributed by atoms with Crippen molar-refractivity contribution in [3.05, 3.63) is 30.1 Å². The van der Waals surface area contributed by atoms with E-state index >= 15 is 0 Å². The largest absolute Gasteiger partial charge is 0.347 e. The van der Waals surface area contributed by atoms with E-state index in [4.69, 9.17) is 0 Å². The molecular weight excluding hydrogens is 294 g/mol. The number of amides is 3. The molecule has 1 fully saturated rings. The van der Waals surface area contributed by atoms with Gasteiger partial charge in [-0.25, -0.2) is 4.79 Å². The number of likely N-dealkylation sites (N-methyl/N-ethyl adjacent to an activating group) is 1. The minimum absolute atomic E-state index is 0.105. The van der Waals surface area contributed by atoms with Crippen molar-refractivity contribution in [1.29, 1.82) is 0 Å². The van der Waals surface area contributed by atoms with Crippen molar-refractivity contribution < 1.29 is 9.59 Å². The molecule has 2 heterocycles. The number of carbonyl (C=O) groups is 2. The van der Waals surface area contributed by atoms with Crippen LogP contribution in [0.3, 0.4) is 0 Å². The summed E-state index contributed by atoms with van der Waals surface area (Å²) in [5.74, 6) is -0.105. The van der Waals surface area contributed by atoms with Gasteiger partial charge in [-0.3, -0.25) is 14.7 Å². The number of hydrogen-bond donors (Lipinski definition) is 1. The highest BCUT2D eigenvalue weighted by Crippen LogP contribution is 2.07. The van der Waals surface area contributed by atoms with Crippen LogP contribution in [0, 0.1) is 0 Å². The lowest BCUT2D eigenvalue weighted by molar-refractivity contribution is -0.130. The lowest BCUT2D eigenvalue weighted by Crippen LogP contribution is -2.54. The number of nitrogens with one attached hydrogen (secondary N) is 1. The number of hydrogen-bond acceptors (Lipinski definition) is 4. The van der Waals surface area contributed by atoms with Gasteiger partial charge in [0, 0.05) is 53.0 Å². The molecule has 1 atom stereocenters. The van der Waals surface area contributed by atoms with Crippen molar-refractivity contribution in [1.82, 2.24) is 25.0 Å². The average molecular weight is 319 g/mol. The number of piperazine rings is 1. The molecule has 0 aliphatic carbocycles. The third-order valence-corrected chi connectivity index (χ3v) is 3.92. The second-order valence-corrected chi connectivity index (χ2v) is 5.99. The van der Waals surface area contributed by atoms with E-state index in [1.165, 1.54) is 4.90 Å². The highest BCUT2D eigenvalue weighted by atomic mass is 16.2. The maximum Gasteiger partial charge on any atom is 0.318 e. The van der Waals surface area contributed by atoms with Crippen molar-refractivity contribution in [2.45, 2.75) is 19.5 Å². The van der Waals surface area contributed by atoms with Crippen LogP contribution < -0.4 is 5.32 Å². The first kappa shape index (κ1) is 17.2. The minimum atomic E-state index is -0.510. The SMILES string of the molecule is C[C@H](NC(=O)N1CCN(Cc2ccccn2)CC1)C(=O)N(C)C. The van der Waals surface area contributed by atoms with E-state index in [2.05, 4.69) is 15.2 Å². The van der Waals surface area contributed by atoms with Crippen molar-refractivity contribution in [3.63, 3.8) is 0 Å². The zero-order valence-electron chi connectivity index (χ0n) is 14.0. The van der Waals surface area contributed by atoms with Gasteiger partial charge in [-0.1, -0.05) is 6.07 Å². The van der Waals surface area contributed by atoms with Gasteiger partial charge in [-0.2, -0.15) is 0 Å². The highest BCUT2D eigenvalue weighted by Gasteiger charge is 2.24. The summed E-state index contributed by atoms with van der Waals surface area (Å²) in [6.07, 6.45) is 1.79. The lowest BCUT2D eigenvalue weighted by Gasteiger charge is -2.35. The number of rotatable bonds is 4. The van der Waals surface area contributed by atoms with Gasteiger partial charge < -0.3 is 15.1 Å². The molecule has 1 aromatic rings. The van der Waals surface area contributed by atoms with Crippen LogP contribution >= 0.6 is 0 Å². The van der Waals surface area contributed by atoms with Gasteiger partial charge in [-0.05, 0) is 19.1 Å². The van der Waals surface area contributed by atoms with Gasteiger partial charge in [0.2, 0.25) is 5.91 Å². The summed E-state index contributed by atoms with van der Waals surface area (Å²) >= 11 is 0. The Bertz CT molecular complexity index is 527. The average Bonchev–Trinajstić information content (AvgIpc) is 2.55. The predicted octanol–water partition coefficient (Wildman–Crippen LogP) is 0.386. The summed E-state index contributed by atoms with van der Waals surface area (Å²) in [5, 5.41) is 2.76. The number of aromatic nitrogens is 1. The predicted molar refractivity (Wildman–Crippen MR) is 87.8 cm³/mol. The monoisotopic (exact) mass is 319 g/mol. The lowest BCUT2D eigenvalue weighted by atomic mass is 10.2. The molecule has 1 aromatic heterocycles. The van der Waals surface area contributed by atoms with Gasteiger partial charge in [0.15, 0.2) is 0 Å². The van der Waals surface area contributed by atoms with Crippen LogP contribution in [-0.4, -0.2) is 77.9 Å². The highest BCUT2D eigenvalue weighted by molar-refractivity contribution is 5.86. The van der Waals surface area contributed by atoms with Crippen molar-refractivity contribution >= 4 is 11.9 Å². The fourth-order valence-corrected chi connectivity index (χ4v) is 2.56. The molecule has 1 aliphatic heterocycles. The maximum absolute atomic E-state index is 12.2. The van der Waals surface area contributed by atoms with Crippen LogP contribution in [0.15, 0.2) is 24.4 Å². The van der Waals surface area contributed by atoms with E-state index < -0.39 is 6.04 Å². The van der Waals surface area contributed by atoms with Crippen LogP contribution in [0.1, 0.15) is 12.6 Å². The molecule has 126 valence electrons. The molecule has 0 saturated carbocycles. The van der Waals surface area contributed by atoms with E-state index in [0.717, 1.165) is 25.3 Å². The molecule has 3 amide bonds. The number of urea groups is 1. The summed E-state index contributed by atoms with van der Waals surface area (Å²) in [5.41, 5.74) is 1.04. The van der Waals surface area contributed by atoms with Crippen molar-refractivity contribution in [3.8, 4) is 0 Å². The number of carbonyl (C=O) groups excluding carboxylic acids is 2. The molecule has 7 heteroatoms. The van der Waals surface area contributed by atoms with Crippen molar-refractivity contribution in [2.24, 2.45) is 0 Å². The molecule has 1 N–H and O–H groups in total. The Morgan fingerprint density at radius 1 is 1.26 bits per heavy atom. The molecule has 0 spiro atoms. The molecule has 0 unspecified atom stereocenters. The first-order valence-corrected chi connectivity index (χ1v) is 7.86. The topological polar surface area (TPSA) is 68.8 Å². The van der Waals surface area contributed by atoms with Gasteiger partial charge in [-0.15, -0.1) is 0 Å². The van der Waals surface area contributed by atoms with E-state index in [1.54, 1.807) is 32.1 Å². The second-order valence-electron chi connectivity index (χ2n) is 5.99. The van der Waals surface area contributed by atoms with Crippen LogP contribution in [0.5, 0.6) is 0 Å².